The van der Waals surface area contributed by atoms with Crippen LogP contribution >= 0.6 is 0 Å². The van der Waals surface area contributed by atoms with E-state index in [1.165, 1.54) is 25.7 Å². The lowest BCUT2D eigenvalue weighted by atomic mass is 9.89. The summed E-state index contributed by atoms with van der Waals surface area (Å²) in [6.45, 7) is 8.46. The molecule has 0 bridgehead atoms. The first-order valence-corrected chi connectivity index (χ1v) is 10.7. The number of hydrogen-bond donors (Lipinski definition) is 0. The Kier molecular flexibility index (Phi) is 5.83. The van der Waals surface area contributed by atoms with Crippen LogP contribution in [0.25, 0.3) is 0 Å². The molecule has 1 saturated carbocycles. The number of carbonyl (C=O) groups excluding carboxylic acids is 1. The molecule has 3 fully saturated rings. The lowest BCUT2D eigenvalue weighted by Gasteiger charge is -2.47. The fourth-order valence-corrected chi connectivity index (χ4v) is 4.67. The number of aromatic nitrogens is 2. The smallest absolute Gasteiger partial charge is 0.246 e. The fraction of sp³-hybridized carbons (Fsp3) is 0.762. The van der Waals surface area contributed by atoms with Gasteiger partial charge >= 0.3 is 0 Å². The lowest BCUT2D eigenvalue weighted by molar-refractivity contribution is -0.156. The molecule has 0 N–H and O–H groups in total. The number of hydrogen-bond acceptors (Lipinski definition) is 6. The Morgan fingerprint density at radius 1 is 1.21 bits per heavy atom. The molecule has 154 valence electrons. The van der Waals surface area contributed by atoms with Crippen molar-refractivity contribution in [1.82, 2.24) is 19.9 Å². The minimum absolute atomic E-state index is 0.107. The predicted molar refractivity (Wildman–Crippen MR) is 105 cm³/mol. The van der Waals surface area contributed by atoms with Crippen LogP contribution in [-0.2, 0) is 16.1 Å². The third-order valence-electron chi connectivity index (χ3n) is 6.30. The van der Waals surface area contributed by atoms with Crippen molar-refractivity contribution in [3.05, 3.63) is 23.4 Å². The van der Waals surface area contributed by atoms with Crippen LogP contribution in [0.4, 0.5) is 0 Å². The highest BCUT2D eigenvalue weighted by Crippen LogP contribution is 2.33. The Labute approximate surface area is 167 Å². The van der Waals surface area contributed by atoms with Crippen molar-refractivity contribution >= 4 is 5.91 Å². The summed E-state index contributed by atoms with van der Waals surface area (Å²) in [7, 11) is 0. The highest BCUT2D eigenvalue weighted by atomic mass is 16.5. The summed E-state index contributed by atoms with van der Waals surface area (Å²) in [4.78, 5) is 21.4. The Balaban J connectivity index is 1.30. The Morgan fingerprint density at radius 2 is 1.96 bits per heavy atom. The third kappa shape index (κ3) is 4.46. The van der Waals surface area contributed by atoms with Crippen molar-refractivity contribution in [2.45, 2.75) is 70.4 Å². The summed E-state index contributed by atoms with van der Waals surface area (Å²) in [5, 5.41) is 4.21. The van der Waals surface area contributed by atoms with Gasteiger partial charge in [0.15, 0.2) is 5.82 Å². The Bertz CT molecular complexity index is 711. The zero-order valence-electron chi connectivity index (χ0n) is 17.2. The van der Waals surface area contributed by atoms with Crippen LogP contribution in [0.2, 0.25) is 0 Å². The molecule has 28 heavy (non-hydrogen) atoms. The number of amides is 1. The number of ether oxygens (including phenoxy) is 1. The van der Waals surface area contributed by atoms with E-state index in [2.05, 4.69) is 15.0 Å². The molecule has 7 heteroatoms. The largest absolute Gasteiger partial charge is 0.371 e. The van der Waals surface area contributed by atoms with E-state index in [4.69, 9.17) is 9.26 Å². The Morgan fingerprint density at radius 3 is 2.68 bits per heavy atom. The van der Waals surface area contributed by atoms with Crippen molar-refractivity contribution in [1.29, 1.82) is 0 Å². The maximum Gasteiger partial charge on any atom is 0.246 e. The second kappa shape index (κ2) is 8.33. The molecule has 1 amide bonds. The number of morpholine rings is 1. The highest BCUT2D eigenvalue weighted by molar-refractivity contribution is 5.88. The van der Waals surface area contributed by atoms with Crippen LogP contribution < -0.4 is 0 Å². The SMILES string of the molecule is CC(C)=CC(=O)N1CCOC2(CCN(Cc3nc(C4CCCC4)no3)CC2)C1. The van der Waals surface area contributed by atoms with Crippen molar-refractivity contribution < 1.29 is 14.1 Å². The van der Waals surface area contributed by atoms with Gasteiger partial charge in [0.1, 0.15) is 0 Å². The minimum atomic E-state index is -0.205. The van der Waals surface area contributed by atoms with Crippen LogP contribution in [0.5, 0.6) is 0 Å². The molecule has 2 saturated heterocycles. The van der Waals surface area contributed by atoms with Gasteiger partial charge < -0.3 is 14.2 Å². The topological polar surface area (TPSA) is 71.7 Å². The second-order valence-electron chi connectivity index (χ2n) is 8.82. The summed E-state index contributed by atoms with van der Waals surface area (Å²) in [6, 6.07) is 0. The molecule has 1 spiro atoms. The molecule has 1 aromatic heterocycles. The molecular formula is C21H32N4O3. The second-order valence-corrected chi connectivity index (χ2v) is 8.82. The van der Waals surface area contributed by atoms with Gasteiger partial charge in [0, 0.05) is 31.6 Å². The number of allylic oxidation sites excluding steroid dienone is 1. The number of likely N-dealkylation sites (tertiary alicyclic amines) is 1. The molecular weight excluding hydrogens is 356 g/mol. The van der Waals surface area contributed by atoms with Crippen LogP contribution in [-0.4, -0.2) is 64.2 Å². The molecule has 3 heterocycles. The first kappa shape index (κ1) is 19.6. The van der Waals surface area contributed by atoms with E-state index >= 15 is 0 Å². The zero-order valence-corrected chi connectivity index (χ0v) is 17.2. The van der Waals surface area contributed by atoms with Crippen LogP contribution in [0.15, 0.2) is 16.2 Å². The van der Waals surface area contributed by atoms with Gasteiger partial charge in [0.05, 0.1) is 25.3 Å². The minimum Gasteiger partial charge on any atom is -0.371 e. The standard InChI is InChI=1S/C21H32N4O3/c1-16(2)13-19(26)25-11-12-27-21(15-25)7-9-24(10-8-21)14-18-22-20(23-28-18)17-5-3-4-6-17/h13,17H,3-12,14-15H2,1-2H3. The quantitative estimate of drug-likeness (QED) is 0.739. The van der Waals surface area contributed by atoms with Gasteiger partial charge in [0.2, 0.25) is 11.8 Å². The third-order valence-corrected chi connectivity index (χ3v) is 6.30. The lowest BCUT2D eigenvalue weighted by Crippen LogP contribution is -2.57. The van der Waals surface area contributed by atoms with Crippen LogP contribution in [0.1, 0.15) is 70.0 Å². The van der Waals surface area contributed by atoms with E-state index in [-0.39, 0.29) is 11.5 Å². The van der Waals surface area contributed by atoms with Gasteiger partial charge in [-0.2, -0.15) is 4.98 Å². The molecule has 2 aliphatic heterocycles. The van der Waals surface area contributed by atoms with E-state index in [9.17, 15) is 4.79 Å². The molecule has 0 radical (unpaired) electrons. The monoisotopic (exact) mass is 388 g/mol. The summed E-state index contributed by atoms with van der Waals surface area (Å²) < 4.78 is 11.7. The van der Waals surface area contributed by atoms with Gasteiger partial charge in [0.25, 0.3) is 0 Å². The Hall–Kier alpha value is -1.73. The molecule has 3 aliphatic rings. The van der Waals surface area contributed by atoms with Crippen molar-refractivity contribution in [2.75, 3.05) is 32.8 Å². The van der Waals surface area contributed by atoms with Gasteiger partial charge in [-0.1, -0.05) is 23.6 Å². The summed E-state index contributed by atoms with van der Waals surface area (Å²) in [6.07, 6.45) is 8.50. The van der Waals surface area contributed by atoms with Crippen LogP contribution in [0, 0.1) is 0 Å². The molecule has 1 aliphatic carbocycles. The first-order chi connectivity index (χ1) is 13.5. The maximum atomic E-state index is 12.4. The summed E-state index contributed by atoms with van der Waals surface area (Å²) >= 11 is 0. The van der Waals surface area contributed by atoms with E-state index in [1.807, 2.05) is 18.7 Å². The molecule has 0 unspecified atom stereocenters. The number of nitrogens with zero attached hydrogens (tertiary/aromatic N) is 4. The molecule has 4 rings (SSSR count). The highest BCUT2D eigenvalue weighted by Gasteiger charge is 2.41. The maximum absolute atomic E-state index is 12.4. The first-order valence-electron chi connectivity index (χ1n) is 10.7. The molecule has 1 aromatic rings. The van der Waals surface area contributed by atoms with Gasteiger partial charge in [-0.25, -0.2) is 0 Å². The van der Waals surface area contributed by atoms with Crippen LogP contribution in [0.3, 0.4) is 0 Å². The average molecular weight is 389 g/mol. The fourth-order valence-electron chi connectivity index (χ4n) is 4.67. The van der Waals surface area contributed by atoms with E-state index in [0.717, 1.165) is 43.2 Å². The summed E-state index contributed by atoms with van der Waals surface area (Å²) in [5.74, 6) is 2.21. The molecule has 0 aromatic carbocycles. The van der Waals surface area contributed by atoms with E-state index in [0.29, 0.717) is 32.2 Å². The normalized spacial score (nSPS) is 23.3. The number of rotatable bonds is 4. The van der Waals surface area contributed by atoms with Gasteiger partial charge in [-0.3, -0.25) is 9.69 Å². The molecule has 7 nitrogen and oxygen atoms in total. The molecule has 0 atom stereocenters. The van der Waals surface area contributed by atoms with Crippen molar-refractivity contribution in [3.8, 4) is 0 Å². The summed E-state index contributed by atoms with van der Waals surface area (Å²) in [5.41, 5.74) is 0.834. The zero-order chi connectivity index (χ0) is 19.6. The predicted octanol–water partition coefficient (Wildman–Crippen LogP) is 2.89. The van der Waals surface area contributed by atoms with Crippen molar-refractivity contribution in [3.63, 3.8) is 0 Å². The van der Waals surface area contributed by atoms with Crippen molar-refractivity contribution in [2.24, 2.45) is 0 Å². The average Bonchev–Trinajstić information content (AvgIpc) is 3.35. The number of piperidine rings is 1. The number of carbonyl (C=O) groups is 1. The van der Waals surface area contributed by atoms with Gasteiger partial charge in [-0.15, -0.1) is 0 Å². The van der Waals surface area contributed by atoms with E-state index < -0.39 is 0 Å². The van der Waals surface area contributed by atoms with Gasteiger partial charge in [-0.05, 0) is 39.5 Å². The van der Waals surface area contributed by atoms with E-state index in [1.54, 1.807) is 6.08 Å².